The third kappa shape index (κ3) is 2.32. The van der Waals surface area contributed by atoms with Gasteiger partial charge in [0.2, 0.25) is 0 Å². The van der Waals surface area contributed by atoms with Crippen LogP contribution in [0.2, 0.25) is 0 Å². The predicted molar refractivity (Wildman–Crippen MR) is 79.7 cm³/mol. The van der Waals surface area contributed by atoms with Gasteiger partial charge in [0.25, 0.3) is 0 Å². The van der Waals surface area contributed by atoms with Gasteiger partial charge in [-0.1, -0.05) is 42.6 Å². The molecular weight excluding hydrogens is 256 g/mol. The summed E-state index contributed by atoms with van der Waals surface area (Å²) >= 11 is 1.71. The van der Waals surface area contributed by atoms with Crippen LogP contribution in [0.5, 0.6) is 0 Å². The molecule has 0 aromatic carbocycles. The molecule has 0 amide bonds. The topological polar surface area (TPSA) is 34.9 Å². The number of aromatic nitrogens is 2. The van der Waals surface area contributed by atoms with Crippen LogP contribution in [0, 0.1) is 0 Å². The third-order valence-corrected chi connectivity index (χ3v) is 4.49. The van der Waals surface area contributed by atoms with Crippen molar-refractivity contribution in [1.82, 2.24) is 9.55 Å². The first-order valence-corrected chi connectivity index (χ1v) is 7.03. The number of fused-ring (bicyclic) bond motifs is 1. The molecule has 2 rings (SSSR count). The summed E-state index contributed by atoms with van der Waals surface area (Å²) < 4.78 is 2.00. The largest absolute Gasteiger partial charge is 0.308 e. The first kappa shape index (κ1) is 13.9. The van der Waals surface area contributed by atoms with Crippen LogP contribution in [-0.2, 0) is 0 Å². The molecule has 0 spiro atoms. The van der Waals surface area contributed by atoms with Gasteiger partial charge in [0.1, 0.15) is 5.69 Å². The molecule has 0 fully saturated rings. The third-order valence-electron chi connectivity index (χ3n) is 3.26. The first-order chi connectivity index (χ1) is 9.05. The summed E-state index contributed by atoms with van der Waals surface area (Å²) in [6.07, 6.45) is 10.3. The molecule has 1 aliphatic rings. The fourth-order valence-corrected chi connectivity index (χ4v) is 3.69. The normalized spacial score (nSPS) is 21.6. The maximum Gasteiger partial charge on any atom is 0.169 e. The highest BCUT2D eigenvalue weighted by atomic mass is 32.2. The van der Waals surface area contributed by atoms with E-state index in [1.54, 1.807) is 24.0 Å². The lowest BCUT2D eigenvalue weighted by Gasteiger charge is -2.28. The van der Waals surface area contributed by atoms with Crippen LogP contribution in [0.4, 0.5) is 0 Å². The highest BCUT2D eigenvalue weighted by Crippen LogP contribution is 2.51. The fraction of sp³-hybridized carbons (Fsp3) is 0.333. The summed E-state index contributed by atoms with van der Waals surface area (Å²) in [4.78, 5) is 15.5. The molecule has 1 aromatic heterocycles. The molecule has 4 heteroatoms. The average molecular weight is 274 g/mol. The van der Waals surface area contributed by atoms with Crippen molar-refractivity contribution in [2.24, 2.45) is 0 Å². The summed E-state index contributed by atoms with van der Waals surface area (Å²) in [6.45, 7) is 10.1. The van der Waals surface area contributed by atoms with Gasteiger partial charge in [0.05, 0.1) is 12.2 Å². The van der Waals surface area contributed by atoms with E-state index in [-0.39, 0.29) is 10.8 Å². The van der Waals surface area contributed by atoms with Gasteiger partial charge in [0, 0.05) is 4.75 Å². The van der Waals surface area contributed by atoms with Crippen molar-refractivity contribution in [2.45, 2.75) is 36.7 Å². The Balaban J connectivity index is 2.54. The van der Waals surface area contributed by atoms with Crippen molar-refractivity contribution in [3.63, 3.8) is 0 Å². The van der Waals surface area contributed by atoms with E-state index < -0.39 is 0 Å². The van der Waals surface area contributed by atoms with Crippen LogP contribution in [0.25, 0.3) is 0 Å². The Bertz CT molecular complexity index is 567. The highest BCUT2D eigenvalue weighted by Gasteiger charge is 2.43. The van der Waals surface area contributed by atoms with Gasteiger partial charge >= 0.3 is 0 Å². The Hall–Kier alpha value is -1.55. The second-order valence-electron chi connectivity index (χ2n) is 4.95. The number of hydrogen-bond donors (Lipinski definition) is 0. The zero-order chi connectivity index (χ0) is 14.0. The smallest absolute Gasteiger partial charge is 0.169 e. The van der Waals surface area contributed by atoms with E-state index in [2.05, 4.69) is 31.5 Å². The van der Waals surface area contributed by atoms with Crippen LogP contribution >= 0.6 is 11.8 Å². The van der Waals surface area contributed by atoms with Gasteiger partial charge in [-0.25, -0.2) is 4.98 Å². The predicted octanol–water partition coefficient (Wildman–Crippen LogP) is 3.81. The maximum absolute atomic E-state index is 11.2. The van der Waals surface area contributed by atoms with Gasteiger partial charge in [-0.15, -0.1) is 0 Å². The van der Waals surface area contributed by atoms with Gasteiger partial charge in [0.15, 0.2) is 11.4 Å². The minimum Gasteiger partial charge on any atom is -0.308 e. The van der Waals surface area contributed by atoms with Crippen molar-refractivity contribution in [3.8, 4) is 0 Å². The summed E-state index contributed by atoms with van der Waals surface area (Å²) in [5.74, 6) is 0. The van der Waals surface area contributed by atoms with Crippen molar-refractivity contribution in [3.05, 3.63) is 48.3 Å². The second kappa shape index (κ2) is 5.21. The van der Waals surface area contributed by atoms with Gasteiger partial charge in [-0.2, -0.15) is 0 Å². The fourth-order valence-electron chi connectivity index (χ4n) is 2.46. The van der Waals surface area contributed by atoms with E-state index in [9.17, 15) is 4.79 Å². The maximum atomic E-state index is 11.2. The van der Waals surface area contributed by atoms with Crippen molar-refractivity contribution in [2.75, 3.05) is 0 Å². The van der Waals surface area contributed by atoms with Gasteiger partial charge in [-0.05, 0) is 26.3 Å². The summed E-state index contributed by atoms with van der Waals surface area (Å²) in [6, 6.07) is 0.108. The number of nitrogens with zero attached hydrogens (tertiary/aromatic N) is 2. The monoisotopic (exact) mass is 274 g/mol. The molecule has 0 N–H and O–H groups in total. The molecule has 0 saturated carbocycles. The lowest BCUT2D eigenvalue weighted by molar-refractivity contribution is 0.111. The summed E-state index contributed by atoms with van der Waals surface area (Å²) in [7, 11) is 0. The minimum absolute atomic E-state index is 0.0330. The number of imidazole rings is 1. The van der Waals surface area contributed by atoms with E-state index in [1.165, 1.54) is 0 Å². The number of thioether (sulfide) groups is 1. The Morgan fingerprint density at radius 2 is 2.32 bits per heavy atom. The lowest BCUT2D eigenvalue weighted by Crippen LogP contribution is -2.26. The van der Waals surface area contributed by atoms with Gasteiger partial charge < -0.3 is 4.57 Å². The molecular formula is C15H18N2OS. The van der Waals surface area contributed by atoms with Crippen LogP contribution in [-0.4, -0.2) is 20.6 Å². The Morgan fingerprint density at radius 3 is 2.89 bits per heavy atom. The zero-order valence-electron chi connectivity index (χ0n) is 11.5. The van der Waals surface area contributed by atoms with Crippen LogP contribution in [0.15, 0.2) is 47.8 Å². The number of carbonyl (C=O) groups excluding carboxylic acids is 1. The molecule has 0 saturated heterocycles. The quantitative estimate of drug-likeness (QED) is 0.618. The number of rotatable bonds is 4. The van der Waals surface area contributed by atoms with Crippen LogP contribution < -0.4 is 0 Å². The van der Waals surface area contributed by atoms with E-state index in [4.69, 9.17) is 0 Å². The standard InChI is InChI=1S/C15H18N2OS/c1-5-7-8-11(6-2)13-15(3,4)19-14-16-9-12(10-18)17(13)14/h5-10,13H,1H2,2-4H3/b8-7-,11-6+. The number of hydrogen-bond acceptors (Lipinski definition) is 3. The van der Waals surface area contributed by atoms with Crippen LogP contribution in [0.3, 0.4) is 0 Å². The summed E-state index contributed by atoms with van der Waals surface area (Å²) in [5, 5.41) is 0.906. The molecule has 2 heterocycles. The molecule has 19 heavy (non-hydrogen) atoms. The Morgan fingerprint density at radius 1 is 1.58 bits per heavy atom. The average Bonchev–Trinajstić information content (AvgIpc) is 2.86. The molecule has 1 aliphatic heterocycles. The molecule has 1 atom stereocenters. The number of aldehydes is 1. The molecule has 3 nitrogen and oxygen atoms in total. The number of carbonyl (C=O) groups is 1. The number of allylic oxidation sites excluding steroid dienone is 5. The molecule has 1 aromatic rings. The zero-order valence-corrected chi connectivity index (χ0v) is 12.3. The summed E-state index contributed by atoms with van der Waals surface area (Å²) in [5.41, 5.74) is 1.79. The van der Waals surface area contributed by atoms with E-state index in [1.807, 2.05) is 23.6 Å². The van der Waals surface area contributed by atoms with E-state index >= 15 is 0 Å². The lowest BCUT2D eigenvalue weighted by atomic mass is 9.94. The van der Waals surface area contributed by atoms with Crippen molar-refractivity contribution in [1.29, 1.82) is 0 Å². The molecule has 0 radical (unpaired) electrons. The van der Waals surface area contributed by atoms with Crippen LogP contribution in [0.1, 0.15) is 37.3 Å². The Labute approximate surface area is 118 Å². The van der Waals surface area contributed by atoms with Crippen molar-refractivity contribution < 1.29 is 4.79 Å². The molecule has 0 bridgehead atoms. The van der Waals surface area contributed by atoms with Gasteiger partial charge in [-0.3, -0.25) is 4.79 Å². The SMILES string of the molecule is C=C/C=C\C(=C/C)C1n2c(C=O)cnc2SC1(C)C. The first-order valence-electron chi connectivity index (χ1n) is 6.22. The van der Waals surface area contributed by atoms with E-state index in [0.717, 1.165) is 17.0 Å². The molecule has 0 aliphatic carbocycles. The Kier molecular flexibility index (Phi) is 3.80. The minimum atomic E-state index is -0.0330. The second-order valence-corrected chi connectivity index (χ2v) is 6.57. The van der Waals surface area contributed by atoms with E-state index in [0.29, 0.717) is 5.69 Å². The highest BCUT2D eigenvalue weighted by molar-refractivity contribution is 8.00. The van der Waals surface area contributed by atoms with Crippen molar-refractivity contribution >= 4 is 18.0 Å². The molecule has 100 valence electrons. The molecule has 1 unspecified atom stereocenters.